The molecule has 1 aliphatic rings. The summed E-state index contributed by atoms with van der Waals surface area (Å²) >= 11 is 1.29. The molecule has 7 nitrogen and oxygen atoms in total. The summed E-state index contributed by atoms with van der Waals surface area (Å²) in [6.07, 6.45) is 2.87. The standard InChI is InChI=1S/C12H20N4O3S/c1-3-6-16-10(19)14-15-11(16)20-7-12(2,9(17)18)13-8-4-5-8/h8,13H,3-7H2,1-2H3,(H,14,19)(H,17,18). The van der Waals surface area contributed by atoms with Gasteiger partial charge in [0.25, 0.3) is 0 Å². The van der Waals surface area contributed by atoms with E-state index in [0.717, 1.165) is 19.3 Å². The molecule has 0 bridgehead atoms. The lowest BCUT2D eigenvalue weighted by molar-refractivity contribution is -0.143. The minimum atomic E-state index is -1.00. The van der Waals surface area contributed by atoms with Gasteiger partial charge in [-0.15, -0.1) is 5.10 Å². The Bertz CT molecular complexity index is 537. The number of carboxylic acid groups (broad SMARTS) is 1. The molecule has 0 radical (unpaired) electrons. The minimum absolute atomic E-state index is 0.249. The van der Waals surface area contributed by atoms with Gasteiger partial charge in [-0.1, -0.05) is 18.7 Å². The van der Waals surface area contributed by atoms with E-state index in [-0.39, 0.29) is 5.69 Å². The first-order chi connectivity index (χ1) is 9.46. The third-order valence-electron chi connectivity index (χ3n) is 3.23. The van der Waals surface area contributed by atoms with E-state index in [1.807, 2.05) is 6.92 Å². The maximum Gasteiger partial charge on any atom is 0.343 e. The number of hydrogen-bond donors (Lipinski definition) is 3. The summed E-state index contributed by atoms with van der Waals surface area (Å²) in [6, 6.07) is 0.300. The van der Waals surface area contributed by atoms with E-state index in [1.165, 1.54) is 11.8 Å². The van der Waals surface area contributed by atoms with E-state index in [4.69, 9.17) is 0 Å². The molecule has 1 unspecified atom stereocenters. The average Bonchev–Trinajstić information content (AvgIpc) is 3.13. The molecule has 0 spiro atoms. The van der Waals surface area contributed by atoms with E-state index in [1.54, 1.807) is 11.5 Å². The molecule has 1 aromatic heterocycles. The van der Waals surface area contributed by atoms with Crippen LogP contribution in [-0.4, -0.2) is 43.2 Å². The number of carboxylic acids is 1. The SMILES string of the molecule is CCCn1c(SCC(C)(NC2CC2)C(=O)O)n[nH]c1=O. The normalized spacial score (nSPS) is 17.9. The Morgan fingerprint density at radius 1 is 1.65 bits per heavy atom. The molecule has 1 atom stereocenters. The van der Waals surface area contributed by atoms with Gasteiger partial charge in [0.2, 0.25) is 0 Å². The highest BCUT2D eigenvalue weighted by Gasteiger charge is 2.38. The lowest BCUT2D eigenvalue weighted by Gasteiger charge is -2.25. The molecule has 3 N–H and O–H groups in total. The predicted octanol–water partition coefficient (Wildman–Crippen LogP) is 0.669. The van der Waals surface area contributed by atoms with Crippen molar-refractivity contribution in [3.63, 3.8) is 0 Å². The fourth-order valence-corrected chi connectivity index (χ4v) is 2.95. The number of aromatic amines is 1. The fraction of sp³-hybridized carbons (Fsp3) is 0.750. The van der Waals surface area contributed by atoms with Crippen LogP contribution in [0.1, 0.15) is 33.1 Å². The summed E-state index contributed by atoms with van der Waals surface area (Å²) in [5.41, 5.74) is -1.25. The molecular weight excluding hydrogens is 280 g/mol. The van der Waals surface area contributed by atoms with Crippen LogP contribution in [-0.2, 0) is 11.3 Å². The van der Waals surface area contributed by atoms with Crippen molar-refractivity contribution in [3.8, 4) is 0 Å². The number of carbonyl (C=O) groups is 1. The predicted molar refractivity (Wildman–Crippen MR) is 76.1 cm³/mol. The number of nitrogens with one attached hydrogen (secondary N) is 2. The molecule has 0 aliphatic heterocycles. The van der Waals surface area contributed by atoms with Crippen molar-refractivity contribution < 1.29 is 9.90 Å². The van der Waals surface area contributed by atoms with Crippen LogP contribution >= 0.6 is 11.8 Å². The Labute approximate surface area is 121 Å². The number of H-pyrrole nitrogens is 1. The average molecular weight is 300 g/mol. The number of thioether (sulfide) groups is 1. The molecule has 112 valence electrons. The molecule has 1 heterocycles. The monoisotopic (exact) mass is 300 g/mol. The van der Waals surface area contributed by atoms with Gasteiger partial charge >= 0.3 is 11.7 Å². The van der Waals surface area contributed by atoms with Crippen molar-refractivity contribution in [2.24, 2.45) is 0 Å². The van der Waals surface area contributed by atoms with Gasteiger partial charge in [0.1, 0.15) is 5.54 Å². The molecule has 1 fully saturated rings. The van der Waals surface area contributed by atoms with Crippen LogP contribution in [0.5, 0.6) is 0 Å². The molecule has 0 amide bonds. The van der Waals surface area contributed by atoms with Crippen LogP contribution in [0.3, 0.4) is 0 Å². The molecular formula is C12H20N4O3S. The maximum absolute atomic E-state index is 11.6. The smallest absolute Gasteiger partial charge is 0.343 e. The molecule has 1 aromatic rings. The third-order valence-corrected chi connectivity index (χ3v) is 4.52. The highest BCUT2D eigenvalue weighted by Crippen LogP contribution is 2.26. The lowest BCUT2D eigenvalue weighted by atomic mass is 10.1. The summed E-state index contributed by atoms with van der Waals surface area (Å²) in [5.74, 6) is -0.552. The van der Waals surface area contributed by atoms with Crippen molar-refractivity contribution in [2.45, 2.75) is 56.4 Å². The van der Waals surface area contributed by atoms with Gasteiger partial charge in [0.05, 0.1) is 0 Å². The minimum Gasteiger partial charge on any atom is -0.480 e. The third kappa shape index (κ3) is 3.43. The molecule has 2 rings (SSSR count). The van der Waals surface area contributed by atoms with Crippen LogP contribution in [0, 0.1) is 0 Å². The van der Waals surface area contributed by atoms with Crippen LogP contribution in [0.2, 0.25) is 0 Å². The van der Waals surface area contributed by atoms with Crippen molar-refractivity contribution in [1.82, 2.24) is 20.1 Å². The topological polar surface area (TPSA) is 100 Å². The van der Waals surface area contributed by atoms with Crippen LogP contribution in [0.25, 0.3) is 0 Å². The molecule has 1 aliphatic carbocycles. The quantitative estimate of drug-likeness (QED) is 0.610. The van der Waals surface area contributed by atoms with E-state index in [9.17, 15) is 14.7 Å². The number of aliphatic carboxylic acids is 1. The number of rotatable bonds is 8. The van der Waals surface area contributed by atoms with E-state index < -0.39 is 11.5 Å². The van der Waals surface area contributed by atoms with E-state index in [2.05, 4.69) is 15.5 Å². The molecule has 20 heavy (non-hydrogen) atoms. The Morgan fingerprint density at radius 3 is 2.90 bits per heavy atom. The fourth-order valence-electron chi connectivity index (χ4n) is 1.89. The second-order valence-electron chi connectivity index (χ2n) is 5.31. The van der Waals surface area contributed by atoms with E-state index >= 15 is 0 Å². The van der Waals surface area contributed by atoms with Crippen molar-refractivity contribution in [3.05, 3.63) is 10.5 Å². The summed E-state index contributed by atoms with van der Waals surface area (Å²) in [7, 11) is 0. The van der Waals surface area contributed by atoms with Gasteiger partial charge in [-0.2, -0.15) is 0 Å². The Hall–Kier alpha value is -1.28. The maximum atomic E-state index is 11.6. The van der Waals surface area contributed by atoms with Gasteiger partial charge in [0, 0.05) is 18.3 Å². The first-order valence-corrected chi connectivity index (χ1v) is 7.74. The van der Waals surface area contributed by atoms with Gasteiger partial charge < -0.3 is 5.11 Å². The van der Waals surface area contributed by atoms with Gasteiger partial charge in [0.15, 0.2) is 5.16 Å². The highest BCUT2D eigenvalue weighted by molar-refractivity contribution is 7.99. The zero-order valence-corrected chi connectivity index (χ0v) is 12.5. The van der Waals surface area contributed by atoms with Crippen molar-refractivity contribution in [2.75, 3.05) is 5.75 Å². The largest absolute Gasteiger partial charge is 0.480 e. The summed E-state index contributed by atoms with van der Waals surface area (Å²) < 4.78 is 1.55. The molecule has 0 saturated heterocycles. The molecule has 0 aromatic carbocycles. The molecule has 1 saturated carbocycles. The number of nitrogens with zero attached hydrogens (tertiary/aromatic N) is 2. The summed E-state index contributed by atoms with van der Waals surface area (Å²) in [5, 5.41) is 19.5. The van der Waals surface area contributed by atoms with E-state index in [0.29, 0.717) is 23.5 Å². The zero-order valence-electron chi connectivity index (χ0n) is 11.7. The van der Waals surface area contributed by atoms with Crippen molar-refractivity contribution in [1.29, 1.82) is 0 Å². The van der Waals surface area contributed by atoms with Gasteiger partial charge in [-0.25, -0.2) is 9.89 Å². The second-order valence-corrected chi connectivity index (χ2v) is 6.25. The number of hydrogen-bond acceptors (Lipinski definition) is 5. The van der Waals surface area contributed by atoms with Crippen LogP contribution in [0.4, 0.5) is 0 Å². The number of aromatic nitrogens is 3. The first kappa shape index (κ1) is 15.1. The van der Waals surface area contributed by atoms with Gasteiger partial charge in [-0.05, 0) is 26.2 Å². The molecule has 8 heteroatoms. The zero-order chi connectivity index (χ0) is 14.8. The Balaban J connectivity index is 2.05. The van der Waals surface area contributed by atoms with Crippen molar-refractivity contribution >= 4 is 17.7 Å². The van der Waals surface area contributed by atoms with Crippen LogP contribution < -0.4 is 11.0 Å². The Morgan fingerprint density at radius 2 is 2.35 bits per heavy atom. The second kappa shape index (κ2) is 6.01. The summed E-state index contributed by atoms with van der Waals surface area (Å²) in [6.45, 7) is 4.23. The lowest BCUT2D eigenvalue weighted by Crippen LogP contribution is -2.52. The van der Waals surface area contributed by atoms with Crippen LogP contribution in [0.15, 0.2) is 9.95 Å². The summed E-state index contributed by atoms with van der Waals surface area (Å²) in [4.78, 5) is 23.0. The first-order valence-electron chi connectivity index (χ1n) is 6.75. The Kier molecular flexibility index (Phi) is 4.54. The highest BCUT2D eigenvalue weighted by atomic mass is 32.2. The van der Waals surface area contributed by atoms with Gasteiger partial charge in [-0.3, -0.25) is 14.7 Å².